The van der Waals surface area contributed by atoms with E-state index >= 15 is 0 Å². The summed E-state index contributed by atoms with van der Waals surface area (Å²) in [5.41, 5.74) is 0.0397. The largest absolute Gasteiger partial charge is 0.497 e. The minimum Gasteiger partial charge on any atom is -0.497 e. The number of carbonyl (C=O) groups excluding carboxylic acids is 5. The fourth-order valence-electron chi connectivity index (χ4n) is 4.40. The Labute approximate surface area is 196 Å². The molecule has 1 fully saturated rings. The molecule has 0 saturated heterocycles. The van der Waals surface area contributed by atoms with Crippen molar-refractivity contribution in [1.82, 2.24) is 9.80 Å². The van der Waals surface area contributed by atoms with E-state index < -0.39 is 29.2 Å². The number of hydrogen-bond donors (Lipinski definition) is 1. The zero-order valence-corrected chi connectivity index (χ0v) is 19.2. The molecule has 176 valence electrons. The molecule has 1 heterocycles. The minimum absolute atomic E-state index is 0.0645. The van der Waals surface area contributed by atoms with Crippen molar-refractivity contribution in [3.8, 4) is 5.75 Å². The van der Waals surface area contributed by atoms with E-state index in [1.54, 1.807) is 43.4 Å². The van der Waals surface area contributed by atoms with Crippen LogP contribution in [0.3, 0.4) is 0 Å². The summed E-state index contributed by atoms with van der Waals surface area (Å²) < 4.78 is 5.16. The minimum atomic E-state index is -1.37. The number of nitrogens with one attached hydrogen (secondary N) is 1. The number of imide groups is 1. The Hall–Kier alpha value is -4.01. The van der Waals surface area contributed by atoms with E-state index in [9.17, 15) is 24.0 Å². The molecular formula is C25H25N3O6. The van der Waals surface area contributed by atoms with Gasteiger partial charge in [0, 0.05) is 31.8 Å². The Morgan fingerprint density at radius 3 is 2.56 bits per heavy atom. The maximum Gasteiger partial charge on any atom is 0.321 e. The van der Waals surface area contributed by atoms with Gasteiger partial charge in [-0.15, -0.1) is 0 Å². The van der Waals surface area contributed by atoms with Crippen LogP contribution in [0.1, 0.15) is 52.5 Å². The Balaban J connectivity index is 1.56. The number of urea groups is 1. The number of ketones is 2. The molecule has 0 bridgehead atoms. The SMILES string of the molecule is COc1cccc(NC(=O)N(C)Cc2cccc3c2C(=O)N([C@@]2(C)CCC(=O)CC2=O)C3=O)c1. The van der Waals surface area contributed by atoms with E-state index in [2.05, 4.69) is 5.32 Å². The zero-order valence-electron chi connectivity index (χ0n) is 19.2. The molecule has 9 heteroatoms. The second kappa shape index (κ2) is 8.74. The molecule has 2 aromatic carbocycles. The lowest BCUT2D eigenvalue weighted by molar-refractivity contribution is -0.137. The lowest BCUT2D eigenvalue weighted by Crippen LogP contribution is -2.57. The van der Waals surface area contributed by atoms with Gasteiger partial charge in [0.1, 0.15) is 17.1 Å². The van der Waals surface area contributed by atoms with Crippen molar-refractivity contribution in [3.63, 3.8) is 0 Å². The summed E-state index contributed by atoms with van der Waals surface area (Å²) >= 11 is 0. The van der Waals surface area contributed by atoms with Crippen LogP contribution in [0.2, 0.25) is 0 Å². The van der Waals surface area contributed by atoms with Gasteiger partial charge in [-0.05, 0) is 37.1 Å². The van der Waals surface area contributed by atoms with E-state index in [-0.39, 0.29) is 42.7 Å². The van der Waals surface area contributed by atoms with Crippen molar-refractivity contribution >= 4 is 35.1 Å². The maximum absolute atomic E-state index is 13.4. The van der Waals surface area contributed by atoms with Crippen LogP contribution in [0, 0.1) is 0 Å². The Morgan fingerprint density at radius 2 is 1.85 bits per heavy atom. The predicted octanol–water partition coefficient (Wildman–Crippen LogP) is 3.04. The molecule has 1 aliphatic carbocycles. The second-order valence-corrected chi connectivity index (χ2v) is 8.72. The third-order valence-corrected chi connectivity index (χ3v) is 6.42. The first-order valence-corrected chi connectivity index (χ1v) is 10.9. The highest BCUT2D eigenvalue weighted by atomic mass is 16.5. The summed E-state index contributed by atoms with van der Waals surface area (Å²) in [7, 11) is 3.11. The third-order valence-electron chi connectivity index (χ3n) is 6.42. The van der Waals surface area contributed by atoms with Gasteiger partial charge >= 0.3 is 6.03 Å². The van der Waals surface area contributed by atoms with Crippen molar-refractivity contribution in [1.29, 1.82) is 0 Å². The number of benzene rings is 2. The van der Waals surface area contributed by atoms with Crippen molar-refractivity contribution in [3.05, 3.63) is 59.2 Å². The molecule has 1 aliphatic heterocycles. The van der Waals surface area contributed by atoms with Gasteiger partial charge in [-0.3, -0.25) is 24.1 Å². The first-order chi connectivity index (χ1) is 16.2. The average Bonchev–Trinajstić information content (AvgIpc) is 3.08. The predicted molar refractivity (Wildman–Crippen MR) is 123 cm³/mol. The highest BCUT2D eigenvalue weighted by molar-refractivity contribution is 6.25. The quantitative estimate of drug-likeness (QED) is 0.539. The fourth-order valence-corrected chi connectivity index (χ4v) is 4.40. The van der Waals surface area contributed by atoms with E-state index in [1.165, 1.54) is 25.0 Å². The molecule has 34 heavy (non-hydrogen) atoms. The van der Waals surface area contributed by atoms with Crippen LogP contribution >= 0.6 is 0 Å². The van der Waals surface area contributed by atoms with Crippen molar-refractivity contribution in [2.75, 3.05) is 19.5 Å². The maximum atomic E-state index is 13.4. The van der Waals surface area contributed by atoms with E-state index in [4.69, 9.17) is 4.74 Å². The molecule has 4 amide bonds. The molecule has 0 radical (unpaired) electrons. The van der Waals surface area contributed by atoms with Crippen LogP contribution in [-0.4, -0.2) is 58.9 Å². The number of fused-ring (bicyclic) bond motifs is 1. The molecule has 0 spiro atoms. The van der Waals surface area contributed by atoms with Gasteiger partial charge in [0.25, 0.3) is 11.8 Å². The average molecular weight is 463 g/mol. The lowest BCUT2D eigenvalue weighted by Gasteiger charge is -2.38. The molecule has 2 aromatic rings. The third kappa shape index (κ3) is 3.93. The molecule has 4 rings (SSSR count). The van der Waals surface area contributed by atoms with Crippen LogP contribution in [0.15, 0.2) is 42.5 Å². The number of Topliss-reactive ketones (excluding diaryl/α,β-unsaturated/α-hetero) is 2. The van der Waals surface area contributed by atoms with Crippen LogP contribution < -0.4 is 10.1 Å². The summed E-state index contributed by atoms with van der Waals surface area (Å²) in [6.07, 6.45) is -0.0477. The molecule has 1 N–H and O–H groups in total. The van der Waals surface area contributed by atoms with Gasteiger partial charge in [0.2, 0.25) is 0 Å². The highest BCUT2D eigenvalue weighted by Gasteiger charge is 2.52. The van der Waals surface area contributed by atoms with Crippen LogP contribution in [0.25, 0.3) is 0 Å². The molecule has 0 aromatic heterocycles. The summed E-state index contributed by atoms with van der Waals surface area (Å²) in [6.45, 7) is 1.60. The number of amides is 4. The lowest BCUT2D eigenvalue weighted by atomic mass is 9.80. The molecule has 1 atom stereocenters. The number of methoxy groups -OCH3 is 1. The summed E-state index contributed by atoms with van der Waals surface area (Å²) in [4.78, 5) is 66.1. The molecular weight excluding hydrogens is 438 g/mol. The van der Waals surface area contributed by atoms with Crippen molar-refractivity contribution in [2.24, 2.45) is 0 Å². The number of rotatable bonds is 5. The number of anilines is 1. The van der Waals surface area contributed by atoms with Gasteiger partial charge in [-0.2, -0.15) is 0 Å². The number of nitrogens with zero attached hydrogens (tertiary/aromatic N) is 2. The Bertz CT molecular complexity index is 1220. The van der Waals surface area contributed by atoms with Gasteiger partial charge in [0.15, 0.2) is 5.78 Å². The topological polar surface area (TPSA) is 113 Å². The summed E-state index contributed by atoms with van der Waals surface area (Å²) in [5.74, 6) is -1.17. The number of ether oxygens (including phenoxy) is 1. The first kappa shape index (κ1) is 23.2. The molecule has 1 saturated carbocycles. The number of carbonyl (C=O) groups is 5. The van der Waals surface area contributed by atoms with Gasteiger partial charge in [0.05, 0.1) is 24.7 Å². The fraction of sp³-hybridized carbons (Fsp3) is 0.320. The Morgan fingerprint density at radius 1 is 1.12 bits per heavy atom. The van der Waals surface area contributed by atoms with E-state index in [0.717, 1.165) is 4.90 Å². The zero-order chi connectivity index (χ0) is 24.6. The molecule has 2 aliphatic rings. The van der Waals surface area contributed by atoms with E-state index in [1.807, 2.05) is 0 Å². The van der Waals surface area contributed by atoms with Crippen molar-refractivity contribution in [2.45, 2.75) is 38.3 Å². The van der Waals surface area contributed by atoms with E-state index in [0.29, 0.717) is 17.0 Å². The summed E-state index contributed by atoms with van der Waals surface area (Å²) in [5, 5.41) is 2.77. The smallest absolute Gasteiger partial charge is 0.321 e. The van der Waals surface area contributed by atoms with Gasteiger partial charge < -0.3 is 15.0 Å². The second-order valence-electron chi connectivity index (χ2n) is 8.72. The Kier molecular flexibility index (Phi) is 5.95. The molecule has 0 unspecified atom stereocenters. The highest BCUT2D eigenvalue weighted by Crippen LogP contribution is 2.37. The van der Waals surface area contributed by atoms with Crippen molar-refractivity contribution < 1.29 is 28.7 Å². The summed E-state index contributed by atoms with van der Waals surface area (Å²) in [6, 6.07) is 11.4. The monoisotopic (exact) mass is 463 g/mol. The van der Waals surface area contributed by atoms with Crippen LogP contribution in [0.4, 0.5) is 10.5 Å². The standard InChI is InChI=1S/C25H25N3O6/c1-25(11-10-17(29)13-20(25)30)28-22(31)19-9-4-6-15(21(19)23(28)32)14-27(2)24(33)26-16-7-5-8-18(12-16)34-3/h4-9,12H,10-11,13-14H2,1-3H3,(H,26,33)/t25-/m0/s1. The number of hydrogen-bond acceptors (Lipinski definition) is 6. The normalized spacial score (nSPS) is 19.8. The first-order valence-electron chi connectivity index (χ1n) is 10.9. The van der Waals surface area contributed by atoms with Crippen LogP contribution in [-0.2, 0) is 16.1 Å². The van der Waals surface area contributed by atoms with Gasteiger partial charge in [-0.25, -0.2) is 4.79 Å². The van der Waals surface area contributed by atoms with Gasteiger partial charge in [-0.1, -0.05) is 18.2 Å². The molecule has 9 nitrogen and oxygen atoms in total. The van der Waals surface area contributed by atoms with Crippen LogP contribution in [0.5, 0.6) is 5.75 Å².